The maximum Gasteiger partial charge on any atom is 0.160 e. The van der Waals surface area contributed by atoms with Crippen LogP contribution in [0.5, 0.6) is 0 Å². The maximum atomic E-state index is 5.63. The van der Waals surface area contributed by atoms with Gasteiger partial charge in [-0.25, -0.2) is 4.98 Å². The molecule has 0 radical (unpaired) electrons. The van der Waals surface area contributed by atoms with E-state index in [1.807, 2.05) is 12.5 Å². The van der Waals surface area contributed by atoms with Gasteiger partial charge in [0.2, 0.25) is 0 Å². The number of halogens is 1. The average molecular weight is 227 g/mol. The van der Waals surface area contributed by atoms with Crippen LogP contribution in [-0.4, -0.2) is 26.0 Å². The standard InChI is InChI=1S/C8H7ClN4S/c1-14-8-4-13(5-10-8)7-3-2-6(9)11-12-7/h2-5H,1H3. The zero-order valence-electron chi connectivity index (χ0n) is 7.38. The van der Waals surface area contributed by atoms with Gasteiger partial charge in [-0.2, -0.15) is 0 Å². The molecule has 2 aromatic rings. The lowest BCUT2D eigenvalue weighted by Crippen LogP contribution is -1.95. The first kappa shape index (κ1) is 9.48. The summed E-state index contributed by atoms with van der Waals surface area (Å²) in [5, 5.41) is 9.01. The average Bonchev–Trinajstić information content (AvgIpc) is 2.67. The molecule has 0 aliphatic rings. The van der Waals surface area contributed by atoms with Gasteiger partial charge in [-0.3, -0.25) is 4.57 Å². The van der Waals surface area contributed by atoms with E-state index in [2.05, 4.69) is 15.2 Å². The SMILES string of the molecule is CSc1cn(-c2ccc(Cl)nn2)cn1. The van der Waals surface area contributed by atoms with Crippen LogP contribution in [0, 0.1) is 0 Å². The van der Waals surface area contributed by atoms with E-state index in [0.29, 0.717) is 11.0 Å². The van der Waals surface area contributed by atoms with Crippen molar-refractivity contribution in [1.29, 1.82) is 0 Å². The molecule has 0 fully saturated rings. The molecule has 14 heavy (non-hydrogen) atoms. The minimum Gasteiger partial charge on any atom is -0.288 e. The highest BCUT2D eigenvalue weighted by Crippen LogP contribution is 2.13. The summed E-state index contributed by atoms with van der Waals surface area (Å²) < 4.78 is 1.80. The first-order valence-electron chi connectivity index (χ1n) is 3.87. The minimum atomic E-state index is 0.388. The van der Waals surface area contributed by atoms with Crippen molar-refractivity contribution in [1.82, 2.24) is 19.7 Å². The molecular formula is C8H7ClN4S. The molecular weight excluding hydrogens is 220 g/mol. The molecule has 0 aromatic carbocycles. The predicted octanol–water partition coefficient (Wildman–Crippen LogP) is 2.04. The molecule has 0 bridgehead atoms. The molecule has 0 aliphatic carbocycles. The Morgan fingerprint density at radius 3 is 2.79 bits per heavy atom. The van der Waals surface area contributed by atoms with Crippen molar-refractivity contribution < 1.29 is 0 Å². The molecule has 0 atom stereocenters. The highest BCUT2D eigenvalue weighted by Gasteiger charge is 2.01. The van der Waals surface area contributed by atoms with Crippen LogP contribution in [0.25, 0.3) is 5.82 Å². The zero-order chi connectivity index (χ0) is 9.97. The molecule has 0 saturated carbocycles. The van der Waals surface area contributed by atoms with Crippen LogP contribution in [0.15, 0.2) is 29.7 Å². The van der Waals surface area contributed by atoms with E-state index in [9.17, 15) is 0 Å². The number of rotatable bonds is 2. The molecule has 0 aliphatic heterocycles. The molecule has 0 unspecified atom stereocenters. The van der Waals surface area contributed by atoms with Crippen molar-refractivity contribution in [3.8, 4) is 5.82 Å². The van der Waals surface area contributed by atoms with E-state index in [0.717, 1.165) is 5.03 Å². The summed E-state index contributed by atoms with van der Waals surface area (Å²) in [4.78, 5) is 4.16. The lowest BCUT2D eigenvalue weighted by molar-refractivity contribution is 0.912. The van der Waals surface area contributed by atoms with E-state index in [1.54, 1.807) is 34.8 Å². The first-order valence-corrected chi connectivity index (χ1v) is 5.47. The van der Waals surface area contributed by atoms with E-state index >= 15 is 0 Å². The smallest absolute Gasteiger partial charge is 0.160 e. The third-order valence-electron chi connectivity index (χ3n) is 1.65. The summed E-state index contributed by atoms with van der Waals surface area (Å²) >= 11 is 7.21. The van der Waals surface area contributed by atoms with Crippen molar-refractivity contribution in [2.45, 2.75) is 5.03 Å². The largest absolute Gasteiger partial charge is 0.288 e. The molecule has 4 nitrogen and oxygen atoms in total. The van der Waals surface area contributed by atoms with Crippen molar-refractivity contribution >= 4 is 23.4 Å². The molecule has 0 N–H and O–H groups in total. The van der Waals surface area contributed by atoms with E-state index in [1.165, 1.54) is 0 Å². The van der Waals surface area contributed by atoms with E-state index in [-0.39, 0.29) is 0 Å². The second kappa shape index (κ2) is 3.98. The summed E-state index contributed by atoms with van der Waals surface area (Å²) in [7, 11) is 0. The third-order valence-corrected chi connectivity index (χ3v) is 2.48. The quantitative estimate of drug-likeness (QED) is 0.735. The van der Waals surface area contributed by atoms with Crippen LogP contribution in [0.3, 0.4) is 0 Å². The maximum absolute atomic E-state index is 5.63. The van der Waals surface area contributed by atoms with Crippen LogP contribution in [0.2, 0.25) is 5.15 Å². The highest BCUT2D eigenvalue weighted by atomic mass is 35.5. The Labute approximate surface area is 90.3 Å². The Kier molecular flexibility index (Phi) is 2.69. The molecule has 2 heterocycles. The number of hydrogen-bond donors (Lipinski definition) is 0. The van der Waals surface area contributed by atoms with Crippen LogP contribution < -0.4 is 0 Å². The molecule has 0 spiro atoms. The molecule has 2 aromatic heterocycles. The Morgan fingerprint density at radius 1 is 1.36 bits per heavy atom. The Morgan fingerprint density at radius 2 is 2.21 bits per heavy atom. The first-order chi connectivity index (χ1) is 6.79. The van der Waals surface area contributed by atoms with Crippen LogP contribution in [0.1, 0.15) is 0 Å². The predicted molar refractivity (Wildman–Crippen MR) is 55.9 cm³/mol. The number of hydrogen-bond acceptors (Lipinski definition) is 4. The summed E-state index contributed by atoms with van der Waals surface area (Å²) in [6.07, 6.45) is 5.56. The summed E-state index contributed by atoms with van der Waals surface area (Å²) in [6, 6.07) is 3.49. The van der Waals surface area contributed by atoms with Gasteiger partial charge in [0, 0.05) is 6.20 Å². The number of aromatic nitrogens is 4. The lowest BCUT2D eigenvalue weighted by Gasteiger charge is -1.97. The number of thioether (sulfide) groups is 1. The Hall–Kier alpha value is -1.07. The molecule has 6 heteroatoms. The summed E-state index contributed by atoms with van der Waals surface area (Å²) in [5.41, 5.74) is 0. The fourth-order valence-electron chi connectivity index (χ4n) is 0.982. The topological polar surface area (TPSA) is 43.6 Å². The third kappa shape index (κ3) is 1.88. The van der Waals surface area contributed by atoms with Crippen molar-refractivity contribution in [2.75, 3.05) is 6.26 Å². The van der Waals surface area contributed by atoms with Gasteiger partial charge in [0.15, 0.2) is 11.0 Å². The van der Waals surface area contributed by atoms with E-state index in [4.69, 9.17) is 11.6 Å². The number of nitrogens with zero attached hydrogens (tertiary/aromatic N) is 4. The number of imidazole rings is 1. The second-order valence-electron chi connectivity index (χ2n) is 2.54. The highest BCUT2D eigenvalue weighted by molar-refractivity contribution is 7.98. The van der Waals surface area contributed by atoms with Gasteiger partial charge < -0.3 is 0 Å². The summed E-state index contributed by atoms with van der Waals surface area (Å²) in [6.45, 7) is 0. The zero-order valence-corrected chi connectivity index (χ0v) is 8.96. The van der Waals surface area contributed by atoms with Crippen LogP contribution in [-0.2, 0) is 0 Å². The normalized spacial score (nSPS) is 10.4. The Bertz CT molecular complexity index is 425. The van der Waals surface area contributed by atoms with Crippen molar-refractivity contribution in [3.63, 3.8) is 0 Å². The minimum absolute atomic E-state index is 0.388. The van der Waals surface area contributed by atoms with Gasteiger partial charge in [-0.15, -0.1) is 22.0 Å². The fraction of sp³-hybridized carbons (Fsp3) is 0.125. The van der Waals surface area contributed by atoms with E-state index < -0.39 is 0 Å². The van der Waals surface area contributed by atoms with Crippen molar-refractivity contribution in [2.24, 2.45) is 0 Å². The second-order valence-corrected chi connectivity index (χ2v) is 3.75. The molecule has 72 valence electrons. The Balaban J connectivity index is 2.34. The van der Waals surface area contributed by atoms with Crippen LogP contribution in [0.4, 0.5) is 0 Å². The summed E-state index contributed by atoms with van der Waals surface area (Å²) in [5.74, 6) is 0.710. The fourth-order valence-corrected chi connectivity index (χ4v) is 1.45. The van der Waals surface area contributed by atoms with Gasteiger partial charge in [-0.05, 0) is 18.4 Å². The molecule has 0 amide bonds. The monoisotopic (exact) mass is 226 g/mol. The van der Waals surface area contributed by atoms with Crippen molar-refractivity contribution in [3.05, 3.63) is 29.8 Å². The van der Waals surface area contributed by atoms with Gasteiger partial charge >= 0.3 is 0 Å². The lowest BCUT2D eigenvalue weighted by atomic mass is 10.5. The molecule has 2 rings (SSSR count). The van der Waals surface area contributed by atoms with Crippen LogP contribution >= 0.6 is 23.4 Å². The van der Waals surface area contributed by atoms with Gasteiger partial charge in [0.05, 0.1) is 0 Å². The molecule has 0 saturated heterocycles. The van der Waals surface area contributed by atoms with Gasteiger partial charge in [0.25, 0.3) is 0 Å². The van der Waals surface area contributed by atoms with Gasteiger partial charge in [-0.1, -0.05) is 11.6 Å². The van der Waals surface area contributed by atoms with Gasteiger partial charge in [0.1, 0.15) is 11.4 Å².